The Labute approximate surface area is 125 Å². The van der Waals surface area contributed by atoms with Crippen LogP contribution in [-0.2, 0) is 0 Å². The van der Waals surface area contributed by atoms with Gasteiger partial charge < -0.3 is 14.6 Å². The summed E-state index contributed by atoms with van der Waals surface area (Å²) in [5, 5.41) is 24.9. The molecule has 1 aromatic carbocycles. The number of aromatic hydroxyl groups is 1. The summed E-state index contributed by atoms with van der Waals surface area (Å²) in [5.41, 5.74) is 1.17. The van der Waals surface area contributed by atoms with E-state index in [2.05, 4.69) is 0 Å². The van der Waals surface area contributed by atoms with E-state index in [1.165, 1.54) is 31.6 Å². The molecule has 0 aliphatic rings. The zero-order valence-electron chi connectivity index (χ0n) is 11.6. The third-order valence-corrected chi connectivity index (χ3v) is 3.88. The second-order valence-corrected chi connectivity index (χ2v) is 5.17. The second-order valence-electron chi connectivity index (χ2n) is 4.39. The molecule has 1 heterocycles. The summed E-state index contributed by atoms with van der Waals surface area (Å²) in [6.45, 7) is -0.326. The maximum atomic E-state index is 11.0. The molecule has 0 unspecified atom stereocenters. The summed E-state index contributed by atoms with van der Waals surface area (Å²) in [6.07, 6.45) is 0. The van der Waals surface area contributed by atoms with E-state index in [1.807, 2.05) is 16.8 Å². The highest BCUT2D eigenvalue weighted by Crippen LogP contribution is 2.41. The van der Waals surface area contributed by atoms with Crippen LogP contribution in [-0.4, -0.2) is 30.8 Å². The van der Waals surface area contributed by atoms with Gasteiger partial charge >= 0.3 is 0 Å². The summed E-state index contributed by atoms with van der Waals surface area (Å²) in [5.74, 6) is 0.138. The van der Waals surface area contributed by atoms with Crippen molar-refractivity contribution in [2.24, 2.45) is 0 Å². The number of hydrogen-bond donors (Lipinski definition) is 1. The fourth-order valence-corrected chi connectivity index (χ4v) is 2.92. The molecule has 0 radical (unpaired) electrons. The number of ether oxygens (including phenoxy) is 2. The summed E-state index contributed by atoms with van der Waals surface area (Å²) >= 11 is 1.45. The average molecular weight is 309 g/mol. The monoisotopic (exact) mass is 309 g/mol. The molecule has 1 N–H and O–H groups in total. The third-order valence-electron chi connectivity index (χ3n) is 3.18. The van der Waals surface area contributed by atoms with Crippen LogP contribution in [0.1, 0.15) is 17.0 Å². The van der Waals surface area contributed by atoms with Crippen LogP contribution < -0.4 is 9.47 Å². The van der Waals surface area contributed by atoms with Gasteiger partial charge in [0, 0.05) is 17.1 Å². The van der Waals surface area contributed by atoms with Crippen molar-refractivity contribution in [1.29, 1.82) is 0 Å². The lowest BCUT2D eigenvalue weighted by molar-refractivity contribution is -0.481. The molecule has 0 saturated carbocycles. The quantitative estimate of drug-likeness (QED) is 0.655. The average Bonchev–Trinajstić information content (AvgIpc) is 2.98. The van der Waals surface area contributed by atoms with Crippen LogP contribution in [0.2, 0.25) is 0 Å². The van der Waals surface area contributed by atoms with E-state index in [0.29, 0.717) is 17.1 Å². The summed E-state index contributed by atoms with van der Waals surface area (Å²) < 4.78 is 10.3. The minimum atomic E-state index is -0.577. The second kappa shape index (κ2) is 6.45. The first-order valence-electron chi connectivity index (χ1n) is 6.15. The molecule has 0 spiro atoms. The Kier molecular flexibility index (Phi) is 4.64. The van der Waals surface area contributed by atoms with Crippen molar-refractivity contribution < 1.29 is 19.5 Å². The lowest BCUT2D eigenvalue weighted by atomic mass is 9.91. The molecule has 0 bridgehead atoms. The first-order valence-corrected chi connectivity index (χ1v) is 7.09. The maximum Gasteiger partial charge on any atom is 0.215 e. The molecular weight excluding hydrogens is 294 g/mol. The Morgan fingerprint density at radius 2 is 2.14 bits per heavy atom. The predicted octanol–water partition coefficient (Wildman–Crippen LogP) is 2.88. The van der Waals surface area contributed by atoms with Crippen molar-refractivity contribution in [3.63, 3.8) is 0 Å². The largest absolute Gasteiger partial charge is 0.507 e. The van der Waals surface area contributed by atoms with Gasteiger partial charge in [-0.2, -0.15) is 11.3 Å². The number of thiophene rings is 1. The Bertz CT molecular complexity index is 627. The van der Waals surface area contributed by atoms with Crippen molar-refractivity contribution in [1.82, 2.24) is 0 Å². The predicted molar refractivity (Wildman–Crippen MR) is 79.2 cm³/mol. The molecule has 1 atom stereocenters. The molecule has 1 aromatic heterocycles. The molecule has 6 nitrogen and oxygen atoms in total. The van der Waals surface area contributed by atoms with E-state index in [4.69, 9.17) is 9.47 Å². The van der Waals surface area contributed by atoms with Crippen LogP contribution in [0.4, 0.5) is 0 Å². The number of methoxy groups -OCH3 is 2. The Balaban J connectivity index is 2.56. The zero-order chi connectivity index (χ0) is 15.4. The number of rotatable bonds is 6. The fraction of sp³-hybridized carbons (Fsp3) is 0.286. The van der Waals surface area contributed by atoms with Gasteiger partial charge in [-0.3, -0.25) is 10.1 Å². The van der Waals surface area contributed by atoms with Gasteiger partial charge in [-0.05, 0) is 22.4 Å². The smallest absolute Gasteiger partial charge is 0.215 e. The molecular formula is C14H15NO5S. The molecule has 0 fully saturated rings. The number of nitrogens with zero attached hydrogens (tertiary/aromatic N) is 1. The molecule has 112 valence electrons. The summed E-state index contributed by atoms with van der Waals surface area (Å²) in [6, 6.07) is 4.84. The van der Waals surface area contributed by atoms with E-state index >= 15 is 0 Å². The van der Waals surface area contributed by atoms with E-state index in [9.17, 15) is 15.2 Å². The summed E-state index contributed by atoms with van der Waals surface area (Å²) in [7, 11) is 2.93. The van der Waals surface area contributed by atoms with Crippen LogP contribution in [0, 0.1) is 10.1 Å². The van der Waals surface area contributed by atoms with Gasteiger partial charge in [-0.15, -0.1) is 0 Å². The van der Waals surface area contributed by atoms with Crippen LogP contribution in [0.5, 0.6) is 17.2 Å². The summed E-state index contributed by atoms with van der Waals surface area (Å²) in [4.78, 5) is 10.6. The van der Waals surface area contributed by atoms with Gasteiger partial charge in [0.2, 0.25) is 6.54 Å². The fourth-order valence-electron chi connectivity index (χ4n) is 2.21. The lowest BCUT2D eigenvalue weighted by Crippen LogP contribution is -2.14. The number of phenols is 1. The van der Waals surface area contributed by atoms with Crippen LogP contribution >= 0.6 is 11.3 Å². The molecule has 21 heavy (non-hydrogen) atoms. The zero-order valence-corrected chi connectivity index (χ0v) is 12.4. The van der Waals surface area contributed by atoms with Crippen LogP contribution in [0.15, 0.2) is 29.0 Å². The Morgan fingerprint density at radius 1 is 1.38 bits per heavy atom. The maximum absolute atomic E-state index is 11.0. The molecule has 0 aliphatic carbocycles. The van der Waals surface area contributed by atoms with Crippen molar-refractivity contribution >= 4 is 11.3 Å². The SMILES string of the molecule is COc1cc(O)c([C@H](C[N+](=O)[O-])c2ccsc2)c(OC)c1. The van der Waals surface area contributed by atoms with Gasteiger partial charge in [0.15, 0.2) is 0 Å². The topological polar surface area (TPSA) is 81.8 Å². The molecule has 2 rings (SSSR count). The highest BCUT2D eigenvalue weighted by atomic mass is 32.1. The minimum absolute atomic E-state index is 0.0794. The molecule has 0 aliphatic heterocycles. The number of nitro groups is 1. The van der Waals surface area contributed by atoms with Crippen molar-refractivity contribution in [2.45, 2.75) is 5.92 Å². The van der Waals surface area contributed by atoms with Gasteiger partial charge in [0.05, 0.1) is 25.7 Å². The van der Waals surface area contributed by atoms with Gasteiger partial charge in [0.1, 0.15) is 17.2 Å². The van der Waals surface area contributed by atoms with E-state index < -0.39 is 10.8 Å². The minimum Gasteiger partial charge on any atom is -0.507 e. The standard InChI is InChI=1S/C14H15NO5S/c1-19-10-5-12(16)14(13(6-10)20-2)11(7-15(17)18)9-3-4-21-8-9/h3-6,8,11,16H,7H2,1-2H3/t11-/m1/s1. The van der Waals surface area contributed by atoms with Crippen LogP contribution in [0.3, 0.4) is 0 Å². The lowest BCUT2D eigenvalue weighted by Gasteiger charge is -2.18. The third kappa shape index (κ3) is 3.25. The van der Waals surface area contributed by atoms with Gasteiger partial charge in [-0.25, -0.2) is 0 Å². The number of phenolic OH excluding ortho intramolecular Hbond substituents is 1. The number of hydrogen-bond acceptors (Lipinski definition) is 6. The van der Waals surface area contributed by atoms with Gasteiger partial charge in [0.25, 0.3) is 0 Å². The Hall–Kier alpha value is -2.28. The molecule has 2 aromatic rings. The van der Waals surface area contributed by atoms with Gasteiger partial charge in [-0.1, -0.05) is 0 Å². The first-order chi connectivity index (χ1) is 10.1. The van der Waals surface area contributed by atoms with Crippen molar-refractivity contribution in [3.8, 4) is 17.2 Å². The Morgan fingerprint density at radius 3 is 2.67 bits per heavy atom. The van der Waals surface area contributed by atoms with Crippen molar-refractivity contribution in [3.05, 3.63) is 50.2 Å². The molecule has 0 saturated heterocycles. The van der Waals surface area contributed by atoms with E-state index in [1.54, 1.807) is 6.07 Å². The molecule has 0 amide bonds. The molecule has 7 heteroatoms. The highest BCUT2D eigenvalue weighted by Gasteiger charge is 2.27. The highest BCUT2D eigenvalue weighted by molar-refractivity contribution is 7.08. The van der Waals surface area contributed by atoms with Crippen LogP contribution in [0.25, 0.3) is 0 Å². The van der Waals surface area contributed by atoms with E-state index in [0.717, 1.165) is 5.56 Å². The van der Waals surface area contributed by atoms with E-state index in [-0.39, 0.29) is 12.3 Å². The number of benzene rings is 1. The first kappa shape index (κ1) is 15.1. The normalized spacial score (nSPS) is 11.9. The van der Waals surface area contributed by atoms with Crippen molar-refractivity contribution in [2.75, 3.05) is 20.8 Å².